The van der Waals surface area contributed by atoms with Crippen molar-refractivity contribution in [2.24, 2.45) is 0 Å². The first kappa shape index (κ1) is 12.9. The maximum Gasteiger partial charge on any atom is 0.317 e. The van der Waals surface area contributed by atoms with Crippen LogP contribution in [0.3, 0.4) is 0 Å². The maximum atomic E-state index is 10.3. The van der Waals surface area contributed by atoms with Gasteiger partial charge in [0.25, 0.3) is 0 Å². The molecule has 0 bridgehead atoms. The van der Waals surface area contributed by atoms with Crippen LogP contribution in [0.1, 0.15) is 18.5 Å². The minimum atomic E-state index is -0.831. The van der Waals surface area contributed by atoms with E-state index in [9.17, 15) is 4.79 Å². The Balaban J connectivity index is 0.00000169. The van der Waals surface area contributed by atoms with Crippen LogP contribution in [0.4, 0.5) is 0 Å². The molecule has 3 nitrogen and oxygen atoms in total. The normalized spacial score (nSPS) is 11.5. The van der Waals surface area contributed by atoms with Crippen LogP contribution in [0.5, 0.6) is 0 Å². The number of nitrogens with one attached hydrogen (secondary N) is 1. The smallest absolute Gasteiger partial charge is 0.317 e. The molecule has 0 amide bonds. The van der Waals surface area contributed by atoms with E-state index in [1.54, 1.807) is 0 Å². The first-order chi connectivity index (χ1) is 6.20. The van der Waals surface area contributed by atoms with E-state index in [1.807, 2.05) is 37.3 Å². The molecule has 78 valence electrons. The van der Waals surface area contributed by atoms with Crippen molar-refractivity contribution in [1.29, 1.82) is 0 Å². The molecule has 0 spiro atoms. The van der Waals surface area contributed by atoms with Crippen molar-refractivity contribution in [3.63, 3.8) is 0 Å². The lowest BCUT2D eigenvalue weighted by molar-refractivity contribution is -0.136. The molecule has 14 heavy (non-hydrogen) atoms. The predicted octanol–water partition coefficient (Wildman–Crippen LogP) is 1.84. The number of carboxylic acids is 1. The third-order valence-electron chi connectivity index (χ3n) is 1.86. The number of benzene rings is 1. The van der Waals surface area contributed by atoms with Gasteiger partial charge in [0.15, 0.2) is 0 Å². The third kappa shape index (κ3) is 4.25. The lowest BCUT2D eigenvalue weighted by atomic mass is 10.1. The molecule has 1 rings (SSSR count). The molecular weight excluding hydrogens is 202 g/mol. The SMILES string of the molecule is C[C@@H](NCC(=O)O)c1ccccc1.Cl. The molecule has 1 aromatic rings. The first-order valence-corrected chi connectivity index (χ1v) is 4.20. The Kier molecular flexibility index (Phi) is 5.92. The molecule has 1 atom stereocenters. The minimum Gasteiger partial charge on any atom is -0.480 e. The third-order valence-corrected chi connectivity index (χ3v) is 1.86. The van der Waals surface area contributed by atoms with Crippen molar-refractivity contribution in [3.8, 4) is 0 Å². The molecule has 0 aliphatic carbocycles. The molecule has 0 saturated heterocycles. The zero-order valence-corrected chi connectivity index (χ0v) is 8.75. The minimum absolute atomic E-state index is 0. The van der Waals surface area contributed by atoms with E-state index in [1.165, 1.54) is 0 Å². The van der Waals surface area contributed by atoms with Gasteiger partial charge < -0.3 is 10.4 Å². The summed E-state index contributed by atoms with van der Waals surface area (Å²) >= 11 is 0. The number of rotatable bonds is 4. The van der Waals surface area contributed by atoms with Gasteiger partial charge in [-0.25, -0.2) is 0 Å². The van der Waals surface area contributed by atoms with Gasteiger partial charge in [-0.2, -0.15) is 0 Å². The number of carboxylic acid groups (broad SMARTS) is 1. The molecule has 0 aliphatic rings. The summed E-state index contributed by atoms with van der Waals surface area (Å²) in [5, 5.41) is 11.3. The van der Waals surface area contributed by atoms with Crippen molar-refractivity contribution in [1.82, 2.24) is 5.32 Å². The van der Waals surface area contributed by atoms with Crippen LogP contribution in [-0.2, 0) is 4.79 Å². The standard InChI is InChI=1S/C10H13NO2.ClH/c1-8(11-7-10(12)13)9-5-3-2-4-6-9;/h2-6,8,11H,7H2,1H3,(H,12,13);1H/t8-;/m1./s1. The molecule has 4 heteroatoms. The van der Waals surface area contributed by atoms with Crippen LogP contribution >= 0.6 is 12.4 Å². The second-order valence-electron chi connectivity index (χ2n) is 2.91. The Morgan fingerprint density at radius 3 is 2.50 bits per heavy atom. The first-order valence-electron chi connectivity index (χ1n) is 4.20. The number of carbonyl (C=O) groups is 1. The Hall–Kier alpha value is -1.06. The quantitative estimate of drug-likeness (QED) is 0.806. The van der Waals surface area contributed by atoms with Crippen molar-refractivity contribution in [2.75, 3.05) is 6.54 Å². The van der Waals surface area contributed by atoms with Gasteiger partial charge in [-0.3, -0.25) is 4.79 Å². The lowest BCUT2D eigenvalue weighted by Crippen LogP contribution is -2.25. The zero-order chi connectivity index (χ0) is 9.68. The summed E-state index contributed by atoms with van der Waals surface area (Å²) in [6.07, 6.45) is 0. The summed E-state index contributed by atoms with van der Waals surface area (Å²) in [6.45, 7) is 1.94. The van der Waals surface area contributed by atoms with Crippen LogP contribution in [0.2, 0.25) is 0 Å². The number of hydrogen-bond donors (Lipinski definition) is 2. The molecule has 0 fully saturated rings. The van der Waals surface area contributed by atoms with E-state index in [4.69, 9.17) is 5.11 Å². The molecule has 0 aromatic heterocycles. The molecular formula is C10H14ClNO2. The molecule has 2 N–H and O–H groups in total. The highest BCUT2D eigenvalue weighted by atomic mass is 35.5. The van der Waals surface area contributed by atoms with Crippen molar-refractivity contribution < 1.29 is 9.90 Å². The van der Waals surface area contributed by atoms with Crippen LogP contribution in [0, 0.1) is 0 Å². The molecule has 0 radical (unpaired) electrons. The lowest BCUT2D eigenvalue weighted by Gasteiger charge is -2.11. The maximum absolute atomic E-state index is 10.3. The van der Waals surface area contributed by atoms with E-state index in [0.29, 0.717) is 0 Å². The number of aliphatic carboxylic acids is 1. The van der Waals surface area contributed by atoms with Crippen LogP contribution < -0.4 is 5.32 Å². The monoisotopic (exact) mass is 215 g/mol. The molecule has 0 unspecified atom stereocenters. The molecule has 0 heterocycles. The van der Waals surface area contributed by atoms with Crippen LogP contribution in [0.15, 0.2) is 30.3 Å². The Bertz CT molecular complexity index is 277. The Morgan fingerprint density at radius 2 is 2.00 bits per heavy atom. The van der Waals surface area contributed by atoms with Crippen LogP contribution in [-0.4, -0.2) is 17.6 Å². The van der Waals surface area contributed by atoms with Crippen molar-refractivity contribution in [3.05, 3.63) is 35.9 Å². The average molecular weight is 216 g/mol. The van der Waals surface area contributed by atoms with Gasteiger partial charge in [0, 0.05) is 6.04 Å². The average Bonchev–Trinajstić information content (AvgIpc) is 2.15. The second kappa shape index (κ2) is 6.40. The van der Waals surface area contributed by atoms with E-state index < -0.39 is 5.97 Å². The summed E-state index contributed by atoms with van der Waals surface area (Å²) in [5.74, 6) is -0.831. The molecule has 0 saturated carbocycles. The Labute approximate surface area is 89.5 Å². The van der Waals surface area contributed by atoms with Gasteiger partial charge in [-0.05, 0) is 12.5 Å². The van der Waals surface area contributed by atoms with E-state index in [0.717, 1.165) is 5.56 Å². The fourth-order valence-corrected chi connectivity index (χ4v) is 1.10. The topological polar surface area (TPSA) is 49.3 Å². The summed E-state index contributed by atoms with van der Waals surface area (Å²) in [5.41, 5.74) is 1.10. The van der Waals surface area contributed by atoms with Crippen LogP contribution in [0.25, 0.3) is 0 Å². The largest absolute Gasteiger partial charge is 0.480 e. The van der Waals surface area contributed by atoms with Crippen molar-refractivity contribution >= 4 is 18.4 Å². The Morgan fingerprint density at radius 1 is 1.43 bits per heavy atom. The predicted molar refractivity (Wildman–Crippen MR) is 57.7 cm³/mol. The van der Waals surface area contributed by atoms with E-state index in [2.05, 4.69) is 5.32 Å². The summed E-state index contributed by atoms with van der Waals surface area (Å²) < 4.78 is 0. The summed E-state index contributed by atoms with van der Waals surface area (Å²) in [7, 11) is 0. The highest BCUT2D eigenvalue weighted by Crippen LogP contribution is 2.09. The van der Waals surface area contributed by atoms with Gasteiger partial charge in [-0.15, -0.1) is 12.4 Å². The zero-order valence-electron chi connectivity index (χ0n) is 7.93. The summed E-state index contributed by atoms with van der Waals surface area (Å²) in [6, 6.07) is 9.84. The van der Waals surface area contributed by atoms with Crippen molar-refractivity contribution in [2.45, 2.75) is 13.0 Å². The van der Waals surface area contributed by atoms with Gasteiger partial charge in [0.2, 0.25) is 0 Å². The fourth-order valence-electron chi connectivity index (χ4n) is 1.10. The summed E-state index contributed by atoms with van der Waals surface area (Å²) in [4.78, 5) is 10.3. The van der Waals surface area contributed by atoms with E-state index in [-0.39, 0.29) is 25.0 Å². The van der Waals surface area contributed by atoms with Gasteiger partial charge in [-0.1, -0.05) is 30.3 Å². The van der Waals surface area contributed by atoms with Gasteiger partial charge in [0.1, 0.15) is 0 Å². The number of halogens is 1. The fraction of sp³-hybridized carbons (Fsp3) is 0.300. The highest BCUT2D eigenvalue weighted by molar-refractivity contribution is 5.85. The number of hydrogen-bond acceptors (Lipinski definition) is 2. The van der Waals surface area contributed by atoms with E-state index >= 15 is 0 Å². The highest BCUT2D eigenvalue weighted by Gasteiger charge is 2.04. The molecule has 0 aliphatic heterocycles. The van der Waals surface area contributed by atoms with Gasteiger partial charge >= 0.3 is 5.97 Å². The van der Waals surface area contributed by atoms with Gasteiger partial charge in [0.05, 0.1) is 6.54 Å². The molecule has 1 aromatic carbocycles. The second-order valence-corrected chi connectivity index (χ2v) is 2.91.